The van der Waals surface area contributed by atoms with Crippen molar-refractivity contribution in [3.8, 4) is 0 Å². The highest BCUT2D eigenvalue weighted by atomic mass is 32.2. The molecule has 0 bridgehead atoms. The maximum Gasteiger partial charge on any atom is 0.229 e. The highest BCUT2D eigenvalue weighted by Crippen LogP contribution is 2.17. The molecule has 1 fully saturated rings. The van der Waals surface area contributed by atoms with Crippen molar-refractivity contribution in [1.82, 2.24) is 24.7 Å². The van der Waals surface area contributed by atoms with Crippen LogP contribution in [0.3, 0.4) is 0 Å². The van der Waals surface area contributed by atoms with Crippen molar-refractivity contribution in [2.75, 3.05) is 39.5 Å². The molecule has 1 saturated heterocycles. The highest BCUT2D eigenvalue weighted by molar-refractivity contribution is 7.88. The monoisotopic (exact) mass is 345 g/mol. The molecule has 0 amide bonds. The third kappa shape index (κ3) is 5.83. The Bertz CT molecular complexity index is 601. The number of likely N-dealkylation sites (N-methyl/N-ethyl adjacent to an activating group) is 1. The lowest BCUT2D eigenvalue weighted by Gasteiger charge is -2.23. The van der Waals surface area contributed by atoms with E-state index in [0.29, 0.717) is 30.8 Å². The van der Waals surface area contributed by atoms with Crippen LogP contribution < -0.4 is 4.72 Å². The number of sulfonamides is 1. The van der Waals surface area contributed by atoms with Crippen molar-refractivity contribution in [2.45, 2.75) is 38.8 Å². The minimum Gasteiger partial charge on any atom is -0.339 e. The molecule has 2 rings (SSSR count). The maximum absolute atomic E-state index is 11.1. The average molecular weight is 345 g/mol. The van der Waals surface area contributed by atoms with Gasteiger partial charge in [0.15, 0.2) is 5.82 Å². The van der Waals surface area contributed by atoms with Gasteiger partial charge >= 0.3 is 0 Å². The molecule has 0 radical (unpaired) electrons. The SMILES string of the molecule is CC(C)c1nc(CN(C)[C@@H]2CCN(CCNS(C)(=O)=O)C2)no1. The lowest BCUT2D eigenvalue weighted by molar-refractivity contribution is 0.218. The van der Waals surface area contributed by atoms with Crippen LogP contribution in [0.5, 0.6) is 0 Å². The van der Waals surface area contributed by atoms with E-state index < -0.39 is 10.0 Å². The van der Waals surface area contributed by atoms with Gasteiger partial charge in [-0.2, -0.15) is 4.98 Å². The van der Waals surface area contributed by atoms with Gasteiger partial charge in [0.05, 0.1) is 12.8 Å². The van der Waals surface area contributed by atoms with Gasteiger partial charge in [0.2, 0.25) is 15.9 Å². The molecule has 1 N–H and O–H groups in total. The van der Waals surface area contributed by atoms with E-state index in [1.807, 2.05) is 13.8 Å². The second-order valence-corrected chi connectivity index (χ2v) is 8.36. The predicted molar refractivity (Wildman–Crippen MR) is 87.5 cm³/mol. The third-order valence-corrected chi connectivity index (χ3v) is 4.76. The number of hydrogen-bond donors (Lipinski definition) is 1. The second-order valence-electron chi connectivity index (χ2n) is 6.53. The lowest BCUT2D eigenvalue weighted by Crippen LogP contribution is -2.37. The summed E-state index contributed by atoms with van der Waals surface area (Å²) < 4.78 is 29.9. The molecule has 1 aliphatic heterocycles. The molecule has 0 aromatic carbocycles. The van der Waals surface area contributed by atoms with Crippen molar-refractivity contribution in [3.63, 3.8) is 0 Å². The summed E-state index contributed by atoms with van der Waals surface area (Å²) in [6.07, 6.45) is 2.24. The molecule has 0 spiro atoms. The van der Waals surface area contributed by atoms with E-state index in [9.17, 15) is 8.42 Å². The molecule has 9 heteroatoms. The molecule has 0 saturated carbocycles. The number of likely N-dealkylation sites (tertiary alicyclic amines) is 1. The first kappa shape index (κ1) is 18.3. The van der Waals surface area contributed by atoms with Crippen LogP contribution in [0.4, 0.5) is 0 Å². The minimum atomic E-state index is -3.11. The quantitative estimate of drug-likeness (QED) is 0.722. The van der Waals surface area contributed by atoms with Gasteiger partial charge in [-0.3, -0.25) is 4.90 Å². The van der Waals surface area contributed by atoms with E-state index >= 15 is 0 Å². The van der Waals surface area contributed by atoms with E-state index in [-0.39, 0.29) is 5.92 Å². The topological polar surface area (TPSA) is 91.6 Å². The van der Waals surface area contributed by atoms with Crippen LogP contribution in [-0.2, 0) is 16.6 Å². The van der Waals surface area contributed by atoms with E-state index in [0.717, 1.165) is 26.1 Å². The van der Waals surface area contributed by atoms with Gasteiger partial charge in [-0.05, 0) is 20.0 Å². The highest BCUT2D eigenvalue weighted by Gasteiger charge is 2.26. The Hall–Kier alpha value is -1.03. The zero-order chi connectivity index (χ0) is 17.0. The van der Waals surface area contributed by atoms with Gasteiger partial charge in [0.1, 0.15) is 0 Å². The van der Waals surface area contributed by atoms with E-state index in [1.165, 1.54) is 6.26 Å². The number of nitrogens with zero attached hydrogens (tertiary/aromatic N) is 4. The van der Waals surface area contributed by atoms with Crippen molar-refractivity contribution < 1.29 is 12.9 Å². The summed E-state index contributed by atoms with van der Waals surface area (Å²) in [6, 6.07) is 0.425. The average Bonchev–Trinajstić information content (AvgIpc) is 3.06. The number of nitrogens with one attached hydrogen (secondary N) is 1. The van der Waals surface area contributed by atoms with E-state index in [2.05, 4.69) is 31.7 Å². The summed E-state index contributed by atoms with van der Waals surface area (Å²) in [4.78, 5) is 8.92. The Labute approximate surface area is 138 Å². The van der Waals surface area contributed by atoms with Gasteiger partial charge in [-0.25, -0.2) is 13.1 Å². The van der Waals surface area contributed by atoms with Crippen LogP contribution in [0.25, 0.3) is 0 Å². The van der Waals surface area contributed by atoms with E-state index in [4.69, 9.17) is 4.52 Å². The molecule has 23 heavy (non-hydrogen) atoms. The van der Waals surface area contributed by atoms with Crippen LogP contribution in [0, 0.1) is 0 Å². The first-order valence-electron chi connectivity index (χ1n) is 7.94. The molecule has 2 heterocycles. The van der Waals surface area contributed by atoms with Crippen molar-refractivity contribution >= 4 is 10.0 Å². The Morgan fingerprint density at radius 3 is 2.83 bits per heavy atom. The summed E-state index contributed by atoms with van der Waals surface area (Å²) in [5.41, 5.74) is 0. The van der Waals surface area contributed by atoms with Gasteiger partial charge < -0.3 is 9.42 Å². The molecule has 8 nitrogen and oxygen atoms in total. The van der Waals surface area contributed by atoms with Crippen molar-refractivity contribution in [1.29, 1.82) is 0 Å². The predicted octanol–water partition coefficient (Wildman–Crippen LogP) is 0.248. The molecular weight excluding hydrogens is 318 g/mol. The third-order valence-electron chi connectivity index (χ3n) is 4.03. The van der Waals surface area contributed by atoms with Gasteiger partial charge in [0, 0.05) is 31.6 Å². The molecule has 0 aliphatic carbocycles. The summed E-state index contributed by atoms with van der Waals surface area (Å²) >= 11 is 0. The molecule has 1 aliphatic rings. The summed E-state index contributed by atoms with van der Waals surface area (Å²) in [7, 11) is -1.04. The van der Waals surface area contributed by atoms with Crippen molar-refractivity contribution in [2.24, 2.45) is 0 Å². The number of aromatic nitrogens is 2. The fourth-order valence-corrected chi connectivity index (χ4v) is 3.14. The van der Waals surface area contributed by atoms with Crippen LogP contribution >= 0.6 is 0 Å². The Morgan fingerprint density at radius 2 is 2.22 bits per heavy atom. The minimum absolute atomic E-state index is 0.242. The number of rotatable bonds is 8. The van der Waals surface area contributed by atoms with Crippen molar-refractivity contribution in [3.05, 3.63) is 11.7 Å². The van der Waals surface area contributed by atoms with E-state index in [1.54, 1.807) is 0 Å². The Balaban J connectivity index is 1.76. The first-order valence-corrected chi connectivity index (χ1v) is 9.83. The fourth-order valence-electron chi connectivity index (χ4n) is 2.68. The van der Waals surface area contributed by atoms with Crippen LogP contribution in [-0.4, -0.2) is 73.9 Å². The molecule has 132 valence electrons. The van der Waals surface area contributed by atoms with Gasteiger partial charge in [-0.1, -0.05) is 19.0 Å². The first-order chi connectivity index (χ1) is 10.7. The number of hydrogen-bond acceptors (Lipinski definition) is 7. The molecular formula is C14H27N5O3S. The maximum atomic E-state index is 11.1. The Kier molecular flexibility index (Phi) is 6.12. The van der Waals surface area contributed by atoms with Crippen LogP contribution in [0.1, 0.15) is 37.9 Å². The largest absolute Gasteiger partial charge is 0.339 e. The lowest BCUT2D eigenvalue weighted by atomic mass is 10.2. The normalized spacial score (nSPS) is 20.0. The second kappa shape index (κ2) is 7.69. The van der Waals surface area contributed by atoms with Crippen LogP contribution in [0.2, 0.25) is 0 Å². The van der Waals surface area contributed by atoms with Gasteiger partial charge in [0.25, 0.3) is 0 Å². The molecule has 1 atom stereocenters. The summed E-state index contributed by atoms with van der Waals surface area (Å²) in [5.74, 6) is 1.63. The zero-order valence-corrected chi connectivity index (χ0v) is 15.1. The summed E-state index contributed by atoms with van der Waals surface area (Å²) in [5, 5.41) is 4.03. The van der Waals surface area contributed by atoms with Crippen LogP contribution in [0.15, 0.2) is 4.52 Å². The molecule has 0 unspecified atom stereocenters. The zero-order valence-electron chi connectivity index (χ0n) is 14.3. The summed E-state index contributed by atoms with van der Waals surface area (Å²) in [6.45, 7) is 7.81. The standard InChI is InChI=1S/C14H27N5O3S/c1-11(2)14-16-13(17-22-14)10-18(3)12-5-7-19(9-12)8-6-15-23(4,20)21/h11-12,15H,5-10H2,1-4H3/t12-/m1/s1. The fraction of sp³-hybridized carbons (Fsp3) is 0.857. The Morgan fingerprint density at radius 1 is 1.48 bits per heavy atom. The molecule has 1 aromatic rings. The smallest absolute Gasteiger partial charge is 0.229 e. The van der Waals surface area contributed by atoms with Gasteiger partial charge in [-0.15, -0.1) is 0 Å². The molecule has 1 aromatic heterocycles.